The first-order valence-corrected chi connectivity index (χ1v) is 7.48. The van der Waals surface area contributed by atoms with E-state index in [9.17, 15) is 0 Å². The van der Waals surface area contributed by atoms with Crippen LogP contribution in [0.25, 0.3) is 0 Å². The molecule has 0 bridgehead atoms. The predicted octanol–water partition coefficient (Wildman–Crippen LogP) is 0.770. The summed E-state index contributed by atoms with van der Waals surface area (Å²) in [4.78, 5) is 12.0. The number of nitrogens with one attached hydrogen (secondary N) is 1. The minimum absolute atomic E-state index is 0.150. The lowest BCUT2D eigenvalue weighted by molar-refractivity contribution is 0.292. The molecule has 108 valence electrons. The number of aliphatic hydroxyl groups excluding tert-OH is 1. The van der Waals surface area contributed by atoms with Crippen molar-refractivity contribution in [2.24, 2.45) is 0 Å². The highest BCUT2D eigenvalue weighted by atomic mass is 32.2. The topological polar surface area (TPSA) is 106 Å². The number of hydrogen-bond donors (Lipinski definition) is 3. The third kappa shape index (κ3) is 7.02. The lowest BCUT2D eigenvalue weighted by Crippen LogP contribution is -2.11. The van der Waals surface area contributed by atoms with Crippen molar-refractivity contribution in [3.63, 3.8) is 0 Å². The van der Waals surface area contributed by atoms with Gasteiger partial charge in [-0.1, -0.05) is 6.92 Å². The lowest BCUT2D eigenvalue weighted by atomic mass is 10.5. The number of ether oxygens (including phenoxy) is 1. The van der Waals surface area contributed by atoms with Crippen molar-refractivity contribution in [3.05, 3.63) is 0 Å². The molecular formula is C11H21N5O2S. The first-order valence-electron chi connectivity index (χ1n) is 6.33. The molecule has 1 heterocycles. The van der Waals surface area contributed by atoms with E-state index in [2.05, 4.69) is 20.3 Å². The zero-order valence-electron chi connectivity index (χ0n) is 11.1. The van der Waals surface area contributed by atoms with Gasteiger partial charge in [0.2, 0.25) is 11.9 Å². The number of thioether (sulfide) groups is 1. The largest absolute Gasteiger partial charge is 0.463 e. The fraction of sp³-hybridized carbons (Fsp3) is 0.727. The molecule has 4 N–H and O–H groups in total. The summed E-state index contributed by atoms with van der Waals surface area (Å²) in [6.07, 6.45) is 1.70. The molecule has 1 rings (SSSR count). The first-order chi connectivity index (χ1) is 9.26. The second kappa shape index (κ2) is 9.62. The molecule has 0 aliphatic carbocycles. The summed E-state index contributed by atoms with van der Waals surface area (Å²) < 4.78 is 5.32. The number of nitrogen functional groups attached to an aromatic ring is 1. The number of nitrogens with two attached hydrogens (primary N) is 1. The molecule has 0 aromatic carbocycles. The van der Waals surface area contributed by atoms with Gasteiger partial charge >= 0.3 is 6.01 Å². The maximum Gasteiger partial charge on any atom is 0.323 e. The smallest absolute Gasteiger partial charge is 0.323 e. The van der Waals surface area contributed by atoms with Gasteiger partial charge in [-0.2, -0.15) is 26.7 Å². The number of hydrogen-bond acceptors (Lipinski definition) is 8. The van der Waals surface area contributed by atoms with Crippen molar-refractivity contribution in [1.29, 1.82) is 0 Å². The number of aliphatic hydroxyl groups is 1. The summed E-state index contributed by atoms with van der Waals surface area (Å²) in [5, 5.41) is 11.7. The molecule has 0 saturated carbocycles. The third-order valence-electron chi connectivity index (χ3n) is 2.04. The van der Waals surface area contributed by atoms with E-state index in [1.54, 1.807) is 11.8 Å². The van der Waals surface area contributed by atoms with Gasteiger partial charge in [0, 0.05) is 18.9 Å². The average Bonchev–Trinajstić information content (AvgIpc) is 2.40. The monoisotopic (exact) mass is 287 g/mol. The van der Waals surface area contributed by atoms with Crippen LogP contribution in [0.1, 0.15) is 19.8 Å². The van der Waals surface area contributed by atoms with Gasteiger partial charge in [-0.05, 0) is 18.6 Å². The molecule has 0 aliphatic rings. The van der Waals surface area contributed by atoms with E-state index < -0.39 is 0 Å². The van der Waals surface area contributed by atoms with Crippen molar-refractivity contribution < 1.29 is 9.84 Å². The van der Waals surface area contributed by atoms with Crippen molar-refractivity contribution in [2.75, 3.05) is 42.3 Å². The third-order valence-corrected chi connectivity index (χ3v) is 3.11. The van der Waals surface area contributed by atoms with Crippen LogP contribution >= 0.6 is 11.8 Å². The molecule has 0 amide bonds. The van der Waals surface area contributed by atoms with Gasteiger partial charge < -0.3 is 20.9 Å². The van der Waals surface area contributed by atoms with Crippen LogP contribution in [-0.2, 0) is 0 Å². The predicted molar refractivity (Wildman–Crippen MR) is 77.5 cm³/mol. The van der Waals surface area contributed by atoms with E-state index in [0.29, 0.717) is 12.6 Å². The Labute approximate surface area is 117 Å². The van der Waals surface area contributed by atoms with Crippen molar-refractivity contribution in [2.45, 2.75) is 19.8 Å². The Morgan fingerprint density at radius 1 is 1.32 bits per heavy atom. The Bertz CT molecular complexity index is 367. The van der Waals surface area contributed by atoms with Crippen LogP contribution in [0.15, 0.2) is 0 Å². The summed E-state index contributed by atoms with van der Waals surface area (Å²) in [6, 6.07) is 0.254. The Hall–Kier alpha value is -1.28. The standard InChI is InChI=1S/C11H21N5O2S/c1-2-6-18-11-15-9(12)14-10(16-11)13-4-8-19-7-3-5-17/h17H,2-8H2,1H3,(H3,12,13,14,15,16). The number of aromatic nitrogens is 3. The van der Waals surface area contributed by atoms with Crippen LogP contribution in [0.5, 0.6) is 6.01 Å². The molecule has 0 radical (unpaired) electrons. The Balaban J connectivity index is 2.34. The molecular weight excluding hydrogens is 266 g/mol. The molecule has 0 fully saturated rings. The Morgan fingerprint density at radius 2 is 2.16 bits per heavy atom. The maximum absolute atomic E-state index is 8.65. The van der Waals surface area contributed by atoms with Gasteiger partial charge in [-0.15, -0.1) is 0 Å². The lowest BCUT2D eigenvalue weighted by Gasteiger charge is -2.07. The van der Waals surface area contributed by atoms with Gasteiger partial charge in [0.25, 0.3) is 0 Å². The highest BCUT2D eigenvalue weighted by Crippen LogP contribution is 2.09. The number of anilines is 2. The van der Waals surface area contributed by atoms with Crippen LogP contribution < -0.4 is 15.8 Å². The minimum atomic E-state index is 0.150. The van der Waals surface area contributed by atoms with E-state index >= 15 is 0 Å². The van der Waals surface area contributed by atoms with E-state index in [4.69, 9.17) is 15.6 Å². The van der Waals surface area contributed by atoms with Crippen LogP contribution in [0, 0.1) is 0 Å². The van der Waals surface area contributed by atoms with Gasteiger partial charge in [0.05, 0.1) is 6.61 Å². The normalized spacial score (nSPS) is 10.4. The molecule has 1 aromatic rings. The minimum Gasteiger partial charge on any atom is -0.463 e. The number of rotatable bonds is 10. The average molecular weight is 287 g/mol. The van der Waals surface area contributed by atoms with Gasteiger partial charge in [-0.25, -0.2) is 0 Å². The van der Waals surface area contributed by atoms with E-state index in [-0.39, 0.29) is 18.6 Å². The fourth-order valence-corrected chi connectivity index (χ4v) is 2.00. The van der Waals surface area contributed by atoms with Crippen molar-refractivity contribution >= 4 is 23.7 Å². The van der Waals surface area contributed by atoms with Crippen LogP contribution in [0.2, 0.25) is 0 Å². The summed E-state index contributed by atoms with van der Waals surface area (Å²) in [6.45, 7) is 3.53. The molecule has 0 aliphatic heterocycles. The van der Waals surface area contributed by atoms with Crippen molar-refractivity contribution in [3.8, 4) is 6.01 Å². The fourth-order valence-electron chi connectivity index (χ4n) is 1.21. The van der Waals surface area contributed by atoms with Crippen LogP contribution in [-0.4, -0.2) is 51.3 Å². The van der Waals surface area contributed by atoms with Crippen LogP contribution in [0.3, 0.4) is 0 Å². The van der Waals surface area contributed by atoms with Crippen LogP contribution in [0.4, 0.5) is 11.9 Å². The Morgan fingerprint density at radius 3 is 2.89 bits per heavy atom. The molecule has 7 nitrogen and oxygen atoms in total. The second-order valence-electron chi connectivity index (χ2n) is 3.76. The number of nitrogens with zero attached hydrogens (tertiary/aromatic N) is 3. The zero-order chi connectivity index (χ0) is 13.9. The molecule has 0 atom stereocenters. The van der Waals surface area contributed by atoms with E-state index in [1.807, 2.05) is 6.92 Å². The SMILES string of the molecule is CCCOc1nc(N)nc(NCCSCCCO)n1. The van der Waals surface area contributed by atoms with Crippen molar-refractivity contribution in [1.82, 2.24) is 15.0 Å². The van der Waals surface area contributed by atoms with E-state index in [0.717, 1.165) is 30.9 Å². The first kappa shape index (κ1) is 15.8. The molecule has 0 saturated heterocycles. The molecule has 19 heavy (non-hydrogen) atoms. The zero-order valence-corrected chi connectivity index (χ0v) is 11.9. The van der Waals surface area contributed by atoms with E-state index in [1.165, 1.54) is 0 Å². The quantitative estimate of drug-likeness (QED) is 0.542. The van der Waals surface area contributed by atoms with Gasteiger partial charge in [0.15, 0.2) is 0 Å². The Kier molecular flexibility index (Phi) is 7.99. The maximum atomic E-state index is 8.65. The summed E-state index contributed by atoms with van der Waals surface area (Å²) in [5.41, 5.74) is 5.59. The molecule has 1 aromatic heterocycles. The summed E-state index contributed by atoms with van der Waals surface area (Å²) >= 11 is 1.76. The highest BCUT2D eigenvalue weighted by molar-refractivity contribution is 7.99. The second-order valence-corrected chi connectivity index (χ2v) is 4.99. The molecule has 0 unspecified atom stereocenters. The van der Waals surface area contributed by atoms with Gasteiger partial charge in [0.1, 0.15) is 0 Å². The summed E-state index contributed by atoms with van der Waals surface area (Å²) in [7, 11) is 0. The molecule has 8 heteroatoms. The summed E-state index contributed by atoms with van der Waals surface area (Å²) in [5.74, 6) is 2.44. The van der Waals surface area contributed by atoms with Gasteiger partial charge in [-0.3, -0.25) is 0 Å². The highest BCUT2D eigenvalue weighted by Gasteiger charge is 2.04. The molecule has 0 spiro atoms.